The van der Waals surface area contributed by atoms with Gasteiger partial charge >= 0.3 is 6.18 Å². The number of thiazole rings is 1. The van der Waals surface area contributed by atoms with Crippen molar-refractivity contribution in [1.82, 2.24) is 19.8 Å². The van der Waals surface area contributed by atoms with E-state index in [1.807, 2.05) is 6.92 Å². The number of rotatable bonds is 4. The molecule has 0 aliphatic carbocycles. The highest BCUT2D eigenvalue weighted by Gasteiger charge is 2.32. The van der Waals surface area contributed by atoms with Crippen molar-refractivity contribution in [3.8, 4) is 0 Å². The molecule has 0 atom stereocenters. The van der Waals surface area contributed by atoms with Crippen molar-refractivity contribution in [2.75, 3.05) is 26.2 Å². The molecular weight excluding hydrogens is 337 g/mol. The van der Waals surface area contributed by atoms with Crippen LogP contribution in [0.25, 0.3) is 0 Å². The Balaban J connectivity index is 1.52. The van der Waals surface area contributed by atoms with Gasteiger partial charge in [0.1, 0.15) is 5.69 Å². The van der Waals surface area contributed by atoms with Crippen LogP contribution in [0.4, 0.5) is 13.2 Å². The molecule has 2 aromatic heterocycles. The molecular formula is C16H19F3N4S. The molecule has 0 unspecified atom stereocenters. The number of aromatic nitrogens is 2. The maximum Gasteiger partial charge on any atom is 0.433 e. The highest BCUT2D eigenvalue weighted by atomic mass is 32.1. The lowest BCUT2D eigenvalue weighted by molar-refractivity contribution is -0.141. The molecule has 0 radical (unpaired) electrons. The highest BCUT2D eigenvalue weighted by molar-refractivity contribution is 7.09. The molecule has 0 aromatic carbocycles. The molecule has 3 heterocycles. The van der Waals surface area contributed by atoms with Crippen molar-refractivity contribution in [1.29, 1.82) is 0 Å². The van der Waals surface area contributed by atoms with E-state index in [0.717, 1.165) is 49.5 Å². The zero-order valence-electron chi connectivity index (χ0n) is 13.4. The van der Waals surface area contributed by atoms with Gasteiger partial charge in [0.05, 0.1) is 10.7 Å². The third-order valence-corrected chi connectivity index (χ3v) is 4.86. The van der Waals surface area contributed by atoms with Gasteiger partial charge in [-0.25, -0.2) is 4.98 Å². The summed E-state index contributed by atoms with van der Waals surface area (Å²) in [6, 6.07) is 2.80. The summed E-state index contributed by atoms with van der Waals surface area (Å²) in [6.07, 6.45) is -3.15. The van der Waals surface area contributed by atoms with E-state index in [4.69, 9.17) is 0 Å². The first kappa shape index (κ1) is 17.3. The molecule has 130 valence electrons. The van der Waals surface area contributed by atoms with E-state index >= 15 is 0 Å². The second-order valence-corrected chi connectivity index (χ2v) is 7.02. The summed E-state index contributed by atoms with van der Waals surface area (Å²) in [5.41, 5.74) is 0.924. The normalized spacial score (nSPS) is 17.3. The Morgan fingerprint density at radius 1 is 1.12 bits per heavy atom. The van der Waals surface area contributed by atoms with Crippen molar-refractivity contribution in [3.05, 3.63) is 45.7 Å². The van der Waals surface area contributed by atoms with Gasteiger partial charge in [0.2, 0.25) is 0 Å². The maximum absolute atomic E-state index is 12.7. The second-order valence-electron chi connectivity index (χ2n) is 5.96. The minimum Gasteiger partial charge on any atom is -0.297 e. The van der Waals surface area contributed by atoms with Crippen molar-refractivity contribution in [2.45, 2.75) is 26.2 Å². The first-order valence-corrected chi connectivity index (χ1v) is 8.66. The molecule has 3 rings (SSSR count). The monoisotopic (exact) mass is 356 g/mol. The molecule has 1 aliphatic heterocycles. The number of aryl methyl sites for hydroxylation is 1. The molecule has 2 aromatic rings. The quantitative estimate of drug-likeness (QED) is 0.842. The summed E-state index contributed by atoms with van der Waals surface area (Å²) in [4.78, 5) is 12.4. The second kappa shape index (κ2) is 7.16. The molecule has 1 fully saturated rings. The number of hydrogen-bond donors (Lipinski definition) is 0. The SMILES string of the molecule is Cc1nc(CN2CCN(Cc3ccnc(C(F)(F)F)c3)CC2)cs1. The van der Waals surface area contributed by atoms with Crippen molar-refractivity contribution in [3.63, 3.8) is 0 Å². The summed E-state index contributed by atoms with van der Waals surface area (Å²) >= 11 is 1.65. The van der Waals surface area contributed by atoms with Gasteiger partial charge in [0, 0.05) is 50.8 Å². The Bertz CT molecular complexity index is 678. The van der Waals surface area contributed by atoms with Crippen molar-refractivity contribution >= 4 is 11.3 Å². The molecule has 0 N–H and O–H groups in total. The number of pyridine rings is 1. The van der Waals surface area contributed by atoms with Crippen molar-refractivity contribution in [2.24, 2.45) is 0 Å². The average Bonchev–Trinajstić information content (AvgIpc) is 2.94. The molecule has 8 heteroatoms. The molecule has 0 bridgehead atoms. The summed E-state index contributed by atoms with van der Waals surface area (Å²) in [7, 11) is 0. The smallest absolute Gasteiger partial charge is 0.297 e. The third kappa shape index (κ3) is 4.52. The van der Waals surface area contributed by atoms with Gasteiger partial charge in [-0.2, -0.15) is 13.2 Å². The molecule has 4 nitrogen and oxygen atoms in total. The summed E-state index contributed by atoms with van der Waals surface area (Å²) < 4.78 is 38.2. The minimum absolute atomic E-state index is 0.523. The fourth-order valence-corrected chi connectivity index (χ4v) is 3.41. The lowest BCUT2D eigenvalue weighted by Gasteiger charge is -2.34. The first-order valence-electron chi connectivity index (χ1n) is 7.78. The summed E-state index contributed by atoms with van der Waals surface area (Å²) in [5, 5.41) is 3.15. The Hall–Kier alpha value is -1.51. The van der Waals surface area contributed by atoms with Crippen LogP contribution in [0.5, 0.6) is 0 Å². The van der Waals surface area contributed by atoms with Crippen LogP contribution in [0.15, 0.2) is 23.7 Å². The lowest BCUT2D eigenvalue weighted by Crippen LogP contribution is -2.45. The van der Waals surface area contributed by atoms with Crippen LogP contribution in [0.3, 0.4) is 0 Å². The zero-order chi connectivity index (χ0) is 17.2. The fraction of sp³-hybridized carbons (Fsp3) is 0.500. The van der Waals surface area contributed by atoms with Gasteiger partial charge in [-0.15, -0.1) is 11.3 Å². The largest absolute Gasteiger partial charge is 0.433 e. The summed E-state index contributed by atoms with van der Waals surface area (Å²) in [5.74, 6) is 0. The van der Waals surface area contributed by atoms with Crippen LogP contribution in [0.1, 0.15) is 22.0 Å². The fourth-order valence-electron chi connectivity index (χ4n) is 2.80. The highest BCUT2D eigenvalue weighted by Crippen LogP contribution is 2.28. The minimum atomic E-state index is -4.39. The standard InChI is InChI=1S/C16H19F3N4S/c1-12-21-14(11-24-12)10-23-6-4-22(5-7-23)9-13-2-3-20-15(8-13)16(17,18)19/h2-3,8,11H,4-7,9-10H2,1H3. The molecule has 0 amide bonds. The Labute approximate surface area is 142 Å². The van der Waals surface area contributed by atoms with E-state index in [9.17, 15) is 13.2 Å². The molecule has 0 spiro atoms. The van der Waals surface area contributed by atoms with E-state index in [1.165, 1.54) is 6.20 Å². The topological polar surface area (TPSA) is 32.3 Å². The van der Waals surface area contributed by atoms with Gasteiger partial charge in [0.25, 0.3) is 0 Å². The number of alkyl halides is 3. The Kier molecular flexibility index (Phi) is 5.17. The van der Waals surface area contributed by atoms with Crippen LogP contribution in [0, 0.1) is 6.92 Å². The van der Waals surface area contributed by atoms with E-state index < -0.39 is 11.9 Å². The van der Waals surface area contributed by atoms with Gasteiger partial charge in [0.15, 0.2) is 0 Å². The predicted molar refractivity (Wildman–Crippen MR) is 86.6 cm³/mol. The van der Waals surface area contributed by atoms with Crippen LogP contribution in [-0.2, 0) is 19.3 Å². The lowest BCUT2D eigenvalue weighted by atomic mass is 10.2. The molecule has 0 saturated carbocycles. The van der Waals surface area contributed by atoms with E-state index in [0.29, 0.717) is 12.1 Å². The first-order chi connectivity index (χ1) is 11.4. The maximum atomic E-state index is 12.7. The van der Waals surface area contributed by atoms with Gasteiger partial charge in [-0.3, -0.25) is 14.8 Å². The number of nitrogens with zero attached hydrogens (tertiary/aromatic N) is 4. The predicted octanol–water partition coefficient (Wildman–Crippen LogP) is 3.18. The van der Waals surface area contributed by atoms with Gasteiger partial charge in [-0.1, -0.05) is 0 Å². The molecule has 1 saturated heterocycles. The summed E-state index contributed by atoms with van der Waals surface area (Å²) in [6.45, 7) is 6.83. The van der Waals surface area contributed by atoms with Crippen LogP contribution in [0.2, 0.25) is 0 Å². The Morgan fingerprint density at radius 2 is 1.79 bits per heavy atom. The van der Waals surface area contributed by atoms with Crippen LogP contribution < -0.4 is 0 Å². The van der Waals surface area contributed by atoms with E-state index in [2.05, 4.69) is 25.1 Å². The third-order valence-electron chi connectivity index (χ3n) is 4.04. The Morgan fingerprint density at radius 3 is 2.38 bits per heavy atom. The van der Waals surface area contributed by atoms with E-state index in [-0.39, 0.29) is 0 Å². The zero-order valence-corrected chi connectivity index (χ0v) is 14.2. The van der Waals surface area contributed by atoms with Gasteiger partial charge in [-0.05, 0) is 24.6 Å². The van der Waals surface area contributed by atoms with E-state index in [1.54, 1.807) is 17.4 Å². The number of piperazine rings is 1. The average molecular weight is 356 g/mol. The molecule has 24 heavy (non-hydrogen) atoms. The number of halogens is 3. The molecule has 1 aliphatic rings. The van der Waals surface area contributed by atoms with Crippen LogP contribution >= 0.6 is 11.3 Å². The van der Waals surface area contributed by atoms with Crippen LogP contribution in [-0.4, -0.2) is 45.9 Å². The van der Waals surface area contributed by atoms with Gasteiger partial charge < -0.3 is 0 Å². The number of hydrogen-bond acceptors (Lipinski definition) is 5. The van der Waals surface area contributed by atoms with Crippen molar-refractivity contribution < 1.29 is 13.2 Å².